The molecule has 0 unspecified atom stereocenters. The maximum Gasteiger partial charge on any atom is 0.252 e. The fraction of sp³-hybridized carbons (Fsp3) is 0.130. The molecule has 12 rings (SSSR count). The Morgan fingerprint density at radius 1 is 0.264 bits per heavy atom. The summed E-state index contributed by atoms with van der Waals surface area (Å²) in [7, 11) is 0. The molecule has 0 bridgehead atoms. The molecule has 0 aromatic heterocycles. The molecule has 10 aromatic rings. The zero-order valence-electron chi connectivity index (χ0n) is 42.1. The molecule has 0 spiro atoms. The third-order valence-electron chi connectivity index (χ3n) is 16.2. The van der Waals surface area contributed by atoms with Crippen molar-refractivity contribution in [1.29, 1.82) is 0 Å². The Bertz CT molecular complexity index is 3360. The summed E-state index contributed by atoms with van der Waals surface area (Å²) in [4.78, 5) is 5.15. The Morgan fingerprint density at radius 3 is 0.917 bits per heavy atom. The quantitative estimate of drug-likeness (QED) is 0.126. The minimum Gasteiger partial charge on any atom is -0.311 e. The molecule has 2 nitrogen and oxygen atoms in total. The second-order valence-corrected chi connectivity index (χ2v) is 21.4. The lowest BCUT2D eigenvalue weighted by Crippen LogP contribution is -2.61. The highest BCUT2D eigenvalue weighted by Crippen LogP contribution is 2.49. The van der Waals surface area contributed by atoms with Crippen molar-refractivity contribution in [2.45, 2.75) is 57.8 Å². The molecule has 0 aliphatic carbocycles. The van der Waals surface area contributed by atoms with Crippen LogP contribution in [0.3, 0.4) is 0 Å². The van der Waals surface area contributed by atoms with Gasteiger partial charge in [-0.2, -0.15) is 0 Å². The Labute approximate surface area is 427 Å². The average Bonchev–Trinajstić information content (AvgIpc) is 3.44. The minimum absolute atomic E-state index is 0.0383. The summed E-state index contributed by atoms with van der Waals surface area (Å²) in [6.45, 7) is 14.1. The number of hydrogen-bond acceptors (Lipinski definition) is 2. The van der Waals surface area contributed by atoms with Gasteiger partial charge in [0.2, 0.25) is 0 Å². The fourth-order valence-electron chi connectivity index (χ4n) is 11.6. The van der Waals surface area contributed by atoms with Gasteiger partial charge in [-0.25, -0.2) is 0 Å². The van der Waals surface area contributed by atoms with Crippen molar-refractivity contribution in [2.75, 3.05) is 9.80 Å². The van der Waals surface area contributed by atoms with Crippen molar-refractivity contribution >= 4 is 57.2 Å². The van der Waals surface area contributed by atoms with E-state index in [1.165, 1.54) is 94.8 Å². The van der Waals surface area contributed by atoms with E-state index in [1.54, 1.807) is 0 Å². The van der Waals surface area contributed by atoms with E-state index >= 15 is 0 Å². The first-order chi connectivity index (χ1) is 35.0. The number of benzene rings is 10. The van der Waals surface area contributed by atoms with E-state index in [9.17, 15) is 0 Å². The second-order valence-electron chi connectivity index (χ2n) is 21.4. The van der Waals surface area contributed by atoms with Crippen LogP contribution in [-0.4, -0.2) is 6.71 Å². The van der Waals surface area contributed by atoms with Gasteiger partial charge in [0, 0.05) is 50.4 Å². The molecule has 2 aliphatic rings. The van der Waals surface area contributed by atoms with E-state index in [2.05, 4.69) is 300 Å². The molecule has 348 valence electrons. The van der Waals surface area contributed by atoms with E-state index in [0.717, 1.165) is 11.4 Å². The lowest BCUT2D eigenvalue weighted by atomic mass is 9.33. The summed E-state index contributed by atoms with van der Waals surface area (Å²) < 4.78 is 0. The molecule has 3 heteroatoms. The highest BCUT2D eigenvalue weighted by Gasteiger charge is 2.45. The van der Waals surface area contributed by atoms with Gasteiger partial charge in [0.1, 0.15) is 0 Å². The third kappa shape index (κ3) is 7.58. The van der Waals surface area contributed by atoms with Crippen molar-refractivity contribution in [3.63, 3.8) is 0 Å². The highest BCUT2D eigenvalue weighted by molar-refractivity contribution is 7.00. The van der Waals surface area contributed by atoms with Crippen molar-refractivity contribution in [3.05, 3.63) is 282 Å². The van der Waals surface area contributed by atoms with Crippen LogP contribution in [0.15, 0.2) is 249 Å². The maximum atomic E-state index is 2.58. The molecule has 0 saturated carbocycles. The summed E-state index contributed by atoms with van der Waals surface area (Å²) >= 11 is 0. The van der Waals surface area contributed by atoms with Crippen LogP contribution in [0.2, 0.25) is 0 Å². The number of rotatable bonds is 10. The molecule has 2 heterocycles. The standard InChI is InChI=1S/C69H59BN2/c1-67(2,52-26-16-9-17-27-52)55-34-38-58(39-35-55)71-62-44-50(48-22-12-7-13-23-48)32-42-60(62)70-61-43-33-51(49-24-14-8-15-25-49)45-63(61)72(59-40-36-56(37-41-59)68(3,4)53-28-18-10-19-29-53)65-47-57(46-64(71)66(65)70)69(5,6)54-30-20-11-21-31-54/h7-47H,1-6H3. The van der Waals surface area contributed by atoms with E-state index < -0.39 is 0 Å². The molecule has 0 atom stereocenters. The zero-order chi connectivity index (χ0) is 49.2. The monoisotopic (exact) mass is 926 g/mol. The Hall–Kier alpha value is -8.14. The van der Waals surface area contributed by atoms with Gasteiger partial charge in [0.05, 0.1) is 0 Å². The molecule has 2 aliphatic heterocycles. The van der Waals surface area contributed by atoms with E-state index in [1.807, 2.05) is 0 Å². The first-order valence-electron chi connectivity index (χ1n) is 25.5. The molecule has 10 aromatic carbocycles. The van der Waals surface area contributed by atoms with Crippen molar-refractivity contribution < 1.29 is 0 Å². The second kappa shape index (κ2) is 17.6. The smallest absolute Gasteiger partial charge is 0.252 e. The molecule has 0 radical (unpaired) electrons. The average molecular weight is 927 g/mol. The van der Waals surface area contributed by atoms with Crippen molar-refractivity contribution in [2.24, 2.45) is 0 Å². The van der Waals surface area contributed by atoms with Crippen molar-refractivity contribution in [3.8, 4) is 22.3 Å². The maximum absolute atomic E-state index is 2.58. The lowest BCUT2D eigenvalue weighted by molar-refractivity contribution is 0.640. The van der Waals surface area contributed by atoms with Gasteiger partial charge in [0.25, 0.3) is 6.71 Å². The number of fused-ring (bicyclic) bond motifs is 4. The van der Waals surface area contributed by atoms with Crippen LogP contribution in [0, 0.1) is 0 Å². The number of hydrogen-bond donors (Lipinski definition) is 0. The summed E-state index contributed by atoms with van der Waals surface area (Å²) in [6, 6.07) is 92.8. The Morgan fingerprint density at radius 2 is 0.569 bits per heavy atom. The summed E-state index contributed by atoms with van der Waals surface area (Å²) in [5, 5.41) is 0. The van der Waals surface area contributed by atoms with E-state index in [-0.39, 0.29) is 23.0 Å². The number of anilines is 6. The van der Waals surface area contributed by atoms with Crippen LogP contribution in [-0.2, 0) is 16.2 Å². The van der Waals surface area contributed by atoms with Crippen LogP contribution in [0.25, 0.3) is 22.3 Å². The van der Waals surface area contributed by atoms with Crippen LogP contribution in [0.5, 0.6) is 0 Å². The van der Waals surface area contributed by atoms with Gasteiger partial charge in [-0.3, -0.25) is 0 Å². The van der Waals surface area contributed by atoms with Gasteiger partial charge < -0.3 is 9.80 Å². The fourth-order valence-corrected chi connectivity index (χ4v) is 11.6. The van der Waals surface area contributed by atoms with Gasteiger partial charge in [-0.1, -0.05) is 242 Å². The van der Waals surface area contributed by atoms with Crippen LogP contribution >= 0.6 is 0 Å². The SMILES string of the molecule is CC(C)(c1ccccc1)c1ccc(N2c3cc(-c4ccccc4)ccc3B3c4ccc(-c5ccccc5)cc4N(c4ccc(C(C)(C)c5ccccc5)cc4)c4cc(C(C)(C)c5ccccc5)cc2c43)cc1. The highest BCUT2D eigenvalue weighted by atomic mass is 15.2. The molecule has 72 heavy (non-hydrogen) atoms. The van der Waals surface area contributed by atoms with Gasteiger partial charge in [-0.05, 0) is 121 Å². The minimum atomic E-state index is -0.342. The van der Waals surface area contributed by atoms with Crippen LogP contribution < -0.4 is 26.2 Å². The molecular formula is C69H59BN2. The predicted octanol–water partition coefficient (Wildman–Crippen LogP) is 16.1. The van der Waals surface area contributed by atoms with E-state index in [0.29, 0.717) is 0 Å². The molecule has 0 N–H and O–H groups in total. The number of nitrogens with zero attached hydrogens (tertiary/aromatic N) is 2. The molecule has 0 fully saturated rings. The Kier molecular flexibility index (Phi) is 11.0. The predicted molar refractivity (Wildman–Crippen MR) is 307 cm³/mol. The Balaban J connectivity index is 1.14. The topological polar surface area (TPSA) is 6.48 Å². The lowest BCUT2D eigenvalue weighted by Gasteiger charge is -2.45. The molecule has 0 amide bonds. The first kappa shape index (κ1) is 45.0. The normalized spacial score (nSPS) is 13.1. The summed E-state index contributed by atoms with van der Waals surface area (Å²) in [5.74, 6) is 0. The van der Waals surface area contributed by atoms with Crippen LogP contribution in [0.1, 0.15) is 74.9 Å². The summed E-state index contributed by atoms with van der Waals surface area (Å²) in [5.41, 5.74) is 22.7. The summed E-state index contributed by atoms with van der Waals surface area (Å²) in [6.07, 6.45) is 0. The van der Waals surface area contributed by atoms with Gasteiger partial charge in [-0.15, -0.1) is 0 Å². The molecular weight excluding hydrogens is 868 g/mol. The third-order valence-corrected chi connectivity index (χ3v) is 16.2. The van der Waals surface area contributed by atoms with E-state index in [4.69, 9.17) is 0 Å². The van der Waals surface area contributed by atoms with Crippen molar-refractivity contribution in [1.82, 2.24) is 0 Å². The van der Waals surface area contributed by atoms with Gasteiger partial charge >= 0.3 is 0 Å². The van der Waals surface area contributed by atoms with Gasteiger partial charge in [0.15, 0.2) is 0 Å². The largest absolute Gasteiger partial charge is 0.311 e. The van der Waals surface area contributed by atoms with Crippen LogP contribution in [0.4, 0.5) is 34.1 Å². The molecule has 0 saturated heterocycles. The zero-order valence-corrected chi connectivity index (χ0v) is 42.1. The first-order valence-corrected chi connectivity index (χ1v) is 25.5.